The number of fused-ring (bicyclic) bond motifs is 2. The van der Waals surface area contributed by atoms with Gasteiger partial charge in [-0.05, 0) is 31.1 Å². The molecule has 2 aliphatic rings. The molecule has 0 amide bonds. The maximum atomic E-state index is 2.66. The minimum absolute atomic E-state index is 1.02. The molecule has 2 saturated carbocycles. The van der Waals surface area contributed by atoms with Gasteiger partial charge in [-0.2, -0.15) is 0 Å². The molecule has 4 atom stereocenters. The van der Waals surface area contributed by atoms with Crippen LogP contribution in [0, 0.1) is 11.8 Å². The van der Waals surface area contributed by atoms with E-state index in [2.05, 4.69) is 45.2 Å². The van der Waals surface area contributed by atoms with Crippen molar-refractivity contribution in [1.82, 2.24) is 0 Å². The maximum Gasteiger partial charge on any atom is 0.0176 e. The lowest BCUT2D eigenvalue weighted by molar-refractivity contribution is 0.503. The van der Waals surface area contributed by atoms with Crippen molar-refractivity contribution < 1.29 is 0 Å². The highest BCUT2D eigenvalue weighted by molar-refractivity contribution is 14.1. The first-order valence-corrected chi connectivity index (χ1v) is 6.06. The Labute approximate surface area is 83.4 Å². The molecule has 0 aromatic carbocycles. The maximum absolute atomic E-state index is 2.66. The van der Waals surface area contributed by atoms with Crippen LogP contribution in [0.3, 0.4) is 0 Å². The van der Waals surface area contributed by atoms with E-state index in [1.54, 1.807) is 0 Å². The van der Waals surface area contributed by atoms with Crippen LogP contribution >= 0.6 is 45.2 Å². The zero-order valence-corrected chi connectivity index (χ0v) is 9.50. The van der Waals surface area contributed by atoms with Crippen molar-refractivity contribution in [2.75, 3.05) is 0 Å². The summed E-state index contributed by atoms with van der Waals surface area (Å²) < 4.78 is 2.05. The first kappa shape index (κ1) is 7.13. The van der Waals surface area contributed by atoms with Gasteiger partial charge in [0.2, 0.25) is 0 Å². The first-order chi connectivity index (χ1) is 4.29. The lowest BCUT2D eigenvalue weighted by Gasteiger charge is -2.13. The van der Waals surface area contributed by atoms with Gasteiger partial charge in [0.05, 0.1) is 0 Å². The highest BCUT2D eigenvalue weighted by Gasteiger charge is 2.45. The highest BCUT2D eigenvalue weighted by Crippen LogP contribution is 2.51. The number of hydrogen-bond acceptors (Lipinski definition) is 0. The molecule has 9 heavy (non-hydrogen) atoms. The summed E-state index contributed by atoms with van der Waals surface area (Å²) in [4.78, 5) is 0. The molecule has 0 radical (unpaired) electrons. The summed E-state index contributed by atoms with van der Waals surface area (Å²) in [5.74, 6) is 2.17. The Bertz CT molecular complexity index is 124. The van der Waals surface area contributed by atoms with E-state index in [9.17, 15) is 0 Å². The second kappa shape index (κ2) is 2.50. The van der Waals surface area contributed by atoms with Gasteiger partial charge in [-0.1, -0.05) is 45.2 Å². The summed E-state index contributed by atoms with van der Waals surface area (Å²) in [6, 6.07) is 0. The van der Waals surface area contributed by atoms with Crippen LogP contribution in [0.4, 0.5) is 0 Å². The Kier molecular flexibility index (Phi) is 1.98. The van der Waals surface area contributed by atoms with Crippen LogP contribution in [-0.4, -0.2) is 7.85 Å². The Hall–Kier alpha value is 1.46. The molecule has 0 saturated heterocycles. The van der Waals surface area contributed by atoms with Gasteiger partial charge in [-0.15, -0.1) is 0 Å². The largest absolute Gasteiger partial charge is 0.0823 e. The summed E-state index contributed by atoms with van der Waals surface area (Å²) in [7, 11) is 0. The van der Waals surface area contributed by atoms with Gasteiger partial charge in [0.25, 0.3) is 0 Å². The summed E-state index contributed by atoms with van der Waals surface area (Å²) in [5.41, 5.74) is 0. The van der Waals surface area contributed by atoms with E-state index < -0.39 is 0 Å². The average molecular weight is 348 g/mol. The third-order valence-electron chi connectivity index (χ3n) is 2.72. The quantitative estimate of drug-likeness (QED) is 0.467. The summed E-state index contributed by atoms with van der Waals surface area (Å²) in [6.07, 6.45) is 4.56. The normalized spacial score (nSPS) is 56.7. The lowest BCUT2D eigenvalue weighted by Crippen LogP contribution is -2.10. The van der Waals surface area contributed by atoms with Gasteiger partial charge in [0.1, 0.15) is 0 Å². The third kappa shape index (κ3) is 1.04. The fourth-order valence-corrected chi connectivity index (χ4v) is 5.94. The van der Waals surface area contributed by atoms with Crippen molar-refractivity contribution in [3.63, 3.8) is 0 Å². The van der Waals surface area contributed by atoms with Crippen molar-refractivity contribution in [2.45, 2.75) is 27.1 Å². The van der Waals surface area contributed by atoms with E-state index in [-0.39, 0.29) is 0 Å². The van der Waals surface area contributed by atoms with E-state index in [1.807, 2.05) is 0 Å². The molecular formula is C7H10I2. The molecule has 0 aliphatic heterocycles. The van der Waals surface area contributed by atoms with Crippen molar-refractivity contribution >= 4 is 45.2 Å². The molecule has 0 heterocycles. The lowest BCUT2D eigenvalue weighted by atomic mass is 10.0. The highest BCUT2D eigenvalue weighted by atomic mass is 127. The van der Waals surface area contributed by atoms with Crippen LogP contribution in [0.5, 0.6) is 0 Å². The van der Waals surface area contributed by atoms with Crippen molar-refractivity contribution in [3.05, 3.63) is 0 Å². The Morgan fingerprint density at radius 1 is 1.11 bits per heavy atom. The van der Waals surface area contributed by atoms with Crippen LogP contribution < -0.4 is 0 Å². The molecule has 1 unspecified atom stereocenters. The van der Waals surface area contributed by atoms with Gasteiger partial charge in [-0.25, -0.2) is 0 Å². The molecule has 0 nitrogen and oxygen atoms in total. The van der Waals surface area contributed by atoms with Crippen LogP contribution in [-0.2, 0) is 0 Å². The molecule has 2 fully saturated rings. The van der Waals surface area contributed by atoms with Crippen LogP contribution in [0.1, 0.15) is 19.3 Å². The summed E-state index contributed by atoms with van der Waals surface area (Å²) in [6.45, 7) is 0. The first-order valence-electron chi connectivity index (χ1n) is 3.57. The number of alkyl halides is 2. The second-order valence-electron chi connectivity index (χ2n) is 3.20. The van der Waals surface area contributed by atoms with E-state index in [0.29, 0.717) is 0 Å². The molecule has 52 valence electrons. The standard InChI is InChI=1S/C7H10I2/c8-6-3-4-1-2-5(6)7(4)9/h4-7H,1-3H2/t4-,5+,6-,7?/m0/s1. The number of hydrogen-bond donors (Lipinski definition) is 0. The zero-order chi connectivity index (χ0) is 6.43. The molecular weight excluding hydrogens is 338 g/mol. The minimum Gasteiger partial charge on any atom is -0.0823 e. The SMILES string of the molecule is IC1[C@H]2CC[C@@H]1[C@@H](I)C2. The van der Waals surface area contributed by atoms with E-state index in [1.165, 1.54) is 19.3 Å². The molecule has 0 N–H and O–H groups in total. The van der Waals surface area contributed by atoms with E-state index in [4.69, 9.17) is 0 Å². The monoisotopic (exact) mass is 348 g/mol. The molecule has 0 spiro atoms. The second-order valence-corrected chi connectivity index (χ2v) is 6.24. The van der Waals surface area contributed by atoms with E-state index in [0.717, 1.165) is 19.7 Å². The molecule has 0 aromatic heterocycles. The predicted molar refractivity (Wildman–Crippen MR) is 56.4 cm³/mol. The summed E-state index contributed by atoms with van der Waals surface area (Å²) in [5, 5.41) is 0. The van der Waals surface area contributed by atoms with E-state index >= 15 is 0 Å². The molecule has 2 rings (SSSR count). The fraction of sp³-hybridized carbons (Fsp3) is 1.00. The molecule has 2 heteroatoms. The molecule has 2 aliphatic carbocycles. The number of halogens is 2. The smallest absolute Gasteiger partial charge is 0.0176 e. The Balaban J connectivity index is 2.16. The average Bonchev–Trinajstić information content (AvgIpc) is 2.25. The minimum atomic E-state index is 1.02. The van der Waals surface area contributed by atoms with Gasteiger partial charge >= 0.3 is 0 Å². The van der Waals surface area contributed by atoms with Crippen LogP contribution in [0.2, 0.25) is 0 Å². The third-order valence-corrected chi connectivity index (χ3v) is 6.10. The predicted octanol–water partition coefficient (Wildman–Crippen LogP) is 3.02. The topological polar surface area (TPSA) is 0 Å². The van der Waals surface area contributed by atoms with Crippen LogP contribution in [0.25, 0.3) is 0 Å². The summed E-state index contributed by atoms with van der Waals surface area (Å²) >= 11 is 5.29. The zero-order valence-electron chi connectivity index (χ0n) is 5.19. The fourth-order valence-electron chi connectivity index (χ4n) is 2.17. The molecule has 2 bridgehead atoms. The van der Waals surface area contributed by atoms with Gasteiger partial charge in [0.15, 0.2) is 0 Å². The van der Waals surface area contributed by atoms with Crippen molar-refractivity contribution in [1.29, 1.82) is 0 Å². The van der Waals surface area contributed by atoms with Gasteiger partial charge in [-0.3, -0.25) is 0 Å². The van der Waals surface area contributed by atoms with Gasteiger partial charge < -0.3 is 0 Å². The number of rotatable bonds is 0. The van der Waals surface area contributed by atoms with Crippen LogP contribution in [0.15, 0.2) is 0 Å². The Morgan fingerprint density at radius 3 is 2.11 bits per heavy atom. The van der Waals surface area contributed by atoms with Crippen molar-refractivity contribution in [3.8, 4) is 0 Å². The Morgan fingerprint density at radius 2 is 1.89 bits per heavy atom. The van der Waals surface area contributed by atoms with Crippen molar-refractivity contribution in [2.24, 2.45) is 11.8 Å². The van der Waals surface area contributed by atoms with Gasteiger partial charge in [0, 0.05) is 7.85 Å². The molecule has 0 aromatic rings.